The molecule has 6 nitrogen and oxygen atoms in total. The van der Waals surface area contributed by atoms with Gasteiger partial charge in [0.15, 0.2) is 5.16 Å². The molecule has 0 unspecified atom stereocenters. The molecule has 0 atom stereocenters. The molecule has 30 heavy (non-hydrogen) atoms. The van der Waals surface area contributed by atoms with Crippen molar-refractivity contribution in [2.45, 2.75) is 17.8 Å². The van der Waals surface area contributed by atoms with Crippen molar-refractivity contribution in [3.8, 4) is 16.4 Å². The molecule has 8 heteroatoms. The maximum atomic E-state index is 13.3. The van der Waals surface area contributed by atoms with E-state index in [2.05, 4.69) is 10.1 Å². The van der Waals surface area contributed by atoms with Gasteiger partial charge in [-0.1, -0.05) is 53.3 Å². The third kappa shape index (κ3) is 3.44. The highest BCUT2D eigenvalue weighted by molar-refractivity contribution is 7.98. The number of nitrogens with zero attached hydrogens (tertiary/aromatic N) is 4. The summed E-state index contributed by atoms with van der Waals surface area (Å²) in [6.45, 7) is 1.98. The highest BCUT2D eigenvalue weighted by atomic mass is 32.2. The zero-order chi connectivity index (χ0) is 20.5. The van der Waals surface area contributed by atoms with Crippen LogP contribution in [-0.4, -0.2) is 19.7 Å². The zero-order valence-electron chi connectivity index (χ0n) is 16.0. The van der Waals surface area contributed by atoms with E-state index in [9.17, 15) is 4.79 Å². The molecule has 148 valence electrons. The summed E-state index contributed by atoms with van der Waals surface area (Å²) >= 11 is 2.96. The van der Waals surface area contributed by atoms with E-state index >= 15 is 0 Å². The number of aromatic nitrogens is 4. The van der Waals surface area contributed by atoms with Gasteiger partial charge in [0.05, 0.1) is 27.2 Å². The van der Waals surface area contributed by atoms with Gasteiger partial charge in [0.25, 0.3) is 5.56 Å². The van der Waals surface area contributed by atoms with E-state index in [0.717, 1.165) is 16.1 Å². The van der Waals surface area contributed by atoms with Crippen LogP contribution in [0.5, 0.6) is 0 Å². The Morgan fingerprint density at radius 3 is 2.70 bits per heavy atom. The van der Waals surface area contributed by atoms with Gasteiger partial charge in [0.1, 0.15) is 0 Å². The van der Waals surface area contributed by atoms with Crippen molar-refractivity contribution in [2.75, 3.05) is 0 Å². The number of hydrogen-bond acceptors (Lipinski definition) is 7. The molecule has 0 aliphatic rings. The fourth-order valence-electron chi connectivity index (χ4n) is 3.18. The first kappa shape index (κ1) is 18.8. The van der Waals surface area contributed by atoms with Gasteiger partial charge in [-0.05, 0) is 42.1 Å². The largest absolute Gasteiger partial charge is 0.338 e. The predicted octanol–water partition coefficient (Wildman–Crippen LogP) is 5.10. The number of fused-ring (bicyclic) bond motifs is 1. The summed E-state index contributed by atoms with van der Waals surface area (Å²) in [5, 5.41) is 7.20. The van der Waals surface area contributed by atoms with E-state index in [0.29, 0.717) is 33.5 Å². The van der Waals surface area contributed by atoms with E-state index < -0.39 is 0 Å². The summed E-state index contributed by atoms with van der Waals surface area (Å²) in [6.07, 6.45) is 0. The molecule has 0 amide bonds. The fraction of sp³-hybridized carbons (Fsp3) is 0.0909. The average Bonchev–Trinajstić information content (AvgIpc) is 3.45. The minimum absolute atomic E-state index is 0.0952. The van der Waals surface area contributed by atoms with Crippen molar-refractivity contribution in [1.29, 1.82) is 0 Å². The summed E-state index contributed by atoms with van der Waals surface area (Å²) in [6, 6.07) is 19.1. The molecule has 0 radical (unpaired) electrons. The lowest BCUT2D eigenvalue weighted by Crippen LogP contribution is -2.22. The molecule has 3 heterocycles. The molecule has 0 bridgehead atoms. The number of hydrogen-bond donors (Lipinski definition) is 0. The lowest BCUT2D eigenvalue weighted by Gasteiger charge is -2.14. The number of para-hydroxylation sites is 2. The average molecular weight is 433 g/mol. The number of rotatable bonds is 5. The molecule has 5 aromatic rings. The van der Waals surface area contributed by atoms with E-state index in [1.807, 2.05) is 66.9 Å². The monoisotopic (exact) mass is 432 g/mol. The molecule has 0 saturated heterocycles. The first-order chi connectivity index (χ1) is 14.7. The molecule has 5 rings (SSSR count). The Bertz CT molecular complexity index is 1390. The second kappa shape index (κ2) is 7.89. The second-order valence-corrected chi connectivity index (χ2v) is 8.51. The number of thiophene rings is 1. The Kier molecular flexibility index (Phi) is 4.94. The molecule has 0 saturated carbocycles. The van der Waals surface area contributed by atoms with E-state index in [4.69, 9.17) is 9.51 Å². The molecule has 0 N–H and O–H groups in total. The van der Waals surface area contributed by atoms with Crippen LogP contribution in [0.15, 0.2) is 80.5 Å². The Hall–Kier alpha value is -3.23. The molecule has 0 aliphatic carbocycles. The van der Waals surface area contributed by atoms with Gasteiger partial charge in [-0.3, -0.25) is 9.36 Å². The Balaban J connectivity index is 1.56. The van der Waals surface area contributed by atoms with Gasteiger partial charge in [0.2, 0.25) is 11.7 Å². The normalized spacial score (nSPS) is 11.2. The van der Waals surface area contributed by atoms with E-state index in [-0.39, 0.29) is 5.56 Å². The quantitative estimate of drug-likeness (QED) is 0.284. The zero-order valence-corrected chi connectivity index (χ0v) is 17.6. The first-order valence-electron chi connectivity index (χ1n) is 9.28. The third-order valence-electron chi connectivity index (χ3n) is 4.64. The lowest BCUT2D eigenvalue weighted by atomic mass is 10.2. The van der Waals surface area contributed by atoms with Gasteiger partial charge in [-0.15, -0.1) is 11.3 Å². The Morgan fingerprint density at radius 2 is 1.87 bits per heavy atom. The van der Waals surface area contributed by atoms with Crippen LogP contribution >= 0.6 is 23.1 Å². The van der Waals surface area contributed by atoms with Crippen LogP contribution in [0, 0.1) is 6.92 Å². The fourth-order valence-corrected chi connectivity index (χ4v) is 4.67. The SMILES string of the molecule is Cc1ccccc1-n1c(SCc2nc(-c3cccs3)no2)nc2ccccc2c1=O. The van der Waals surface area contributed by atoms with Crippen molar-refractivity contribution in [3.63, 3.8) is 0 Å². The van der Waals surface area contributed by atoms with Crippen LogP contribution < -0.4 is 5.56 Å². The van der Waals surface area contributed by atoms with Crippen molar-refractivity contribution < 1.29 is 4.52 Å². The summed E-state index contributed by atoms with van der Waals surface area (Å²) in [7, 11) is 0. The molecule has 0 fully saturated rings. The van der Waals surface area contributed by atoms with Crippen molar-refractivity contribution in [3.05, 3.63) is 87.9 Å². The number of benzene rings is 2. The molecular formula is C22H16N4O2S2. The number of aryl methyl sites for hydroxylation is 1. The Labute approximate surface area is 180 Å². The summed E-state index contributed by atoms with van der Waals surface area (Å²) < 4.78 is 7.07. The van der Waals surface area contributed by atoms with Gasteiger partial charge in [-0.2, -0.15) is 4.98 Å². The van der Waals surface area contributed by atoms with Gasteiger partial charge < -0.3 is 4.52 Å². The summed E-state index contributed by atoms with van der Waals surface area (Å²) in [5.74, 6) is 1.47. The first-order valence-corrected chi connectivity index (χ1v) is 11.1. The summed E-state index contributed by atoms with van der Waals surface area (Å²) in [4.78, 5) is 23.5. The van der Waals surface area contributed by atoms with Crippen LogP contribution in [0.1, 0.15) is 11.5 Å². The molecule has 0 aliphatic heterocycles. The van der Waals surface area contributed by atoms with Crippen molar-refractivity contribution in [1.82, 2.24) is 19.7 Å². The standard InChI is InChI=1S/C22H16N4O2S2/c1-14-7-2-5-10-17(14)26-21(27)15-8-3-4-9-16(15)23-22(26)30-13-19-24-20(25-28-19)18-11-6-12-29-18/h2-12H,13H2,1H3. The van der Waals surface area contributed by atoms with Crippen LogP contribution in [0.4, 0.5) is 0 Å². The molecular weight excluding hydrogens is 416 g/mol. The van der Waals surface area contributed by atoms with Crippen molar-refractivity contribution >= 4 is 34.0 Å². The molecule has 3 aromatic heterocycles. The van der Waals surface area contributed by atoms with Crippen molar-refractivity contribution in [2.24, 2.45) is 0 Å². The minimum Gasteiger partial charge on any atom is -0.338 e. The third-order valence-corrected chi connectivity index (χ3v) is 6.42. The maximum Gasteiger partial charge on any atom is 0.266 e. The number of thioether (sulfide) groups is 1. The molecule has 0 spiro atoms. The minimum atomic E-state index is -0.0952. The van der Waals surface area contributed by atoms with Crippen LogP contribution in [-0.2, 0) is 5.75 Å². The maximum absolute atomic E-state index is 13.3. The highest BCUT2D eigenvalue weighted by Gasteiger charge is 2.16. The van der Waals surface area contributed by atoms with Gasteiger partial charge in [0, 0.05) is 0 Å². The van der Waals surface area contributed by atoms with E-state index in [1.54, 1.807) is 22.0 Å². The van der Waals surface area contributed by atoms with Gasteiger partial charge >= 0.3 is 0 Å². The highest BCUT2D eigenvalue weighted by Crippen LogP contribution is 2.27. The lowest BCUT2D eigenvalue weighted by molar-refractivity contribution is 0.391. The Morgan fingerprint density at radius 1 is 1.03 bits per heavy atom. The van der Waals surface area contributed by atoms with Crippen LogP contribution in [0.2, 0.25) is 0 Å². The van der Waals surface area contributed by atoms with Gasteiger partial charge in [-0.25, -0.2) is 4.98 Å². The van der Waals surface area contributed by atoms with E-state index in [1.165, 1.54) is 11.8 Å². The predicted molar refractivity (Wildman–Crippen MR) is 119 cm³/mol. The molecule has 2 aromatic carbocycles. The summed E-state index contributed by atoms with van der Waals surface area (Å²) in [5.41, 5.74) is 2.38. The smallest absolute Gasteiger partial charge is 0.266 e. The van der Waals surface area contributed by atoms with Crippen LogP contribution in [0.3, 0.4) is 0 Å². The topological polar surface area (TPSA) is 73.8 Å². The van der Waals surface area contributed by atoms with Crippen LogP contribution in [0.25, 0.3) is 27.3 Å². The second-order valence-electron chi connectivity index (χ2n) is 6.62.